The standard InChI is InChI=1S/C19H25N3O4/c1-2-10-19(14-7-4-3-5-8-14)17(24)22(18(25)21-19)13-16(23)20-12-15-9-6-11-26-15/h3-5,7-8,15H,2,6,9-13H2,1H3,(H,20,23)(H,21,25)/t15-,19-/m0/s1. The van der Waals surface area contributed by atoms with Gasteiger partial charge in [-0.15, -0.1) is 0 Å². The predicted molar refractivity (Wildman–Crippen MR) is 95.3 cm³/mol. The monoisotopic (exact) mass is 359 g/mol. The Kier molecular flexibility index (Phi) is 5.56. The molecule has 0 spiro atoms. The van der Waals surface area contributed by atoms with Gasteiger partial charge >= 0.3 is 6.03 Å². The highest BCUT2D eigenvalue weighted by molar-refractivity contribution is 6.09. The van der Waals surface area contributed by atoms with Crippen molar-refractivity contribution < 1.29 is 19.1 Å². The van der Waals surface area contributed by atoms with E-state index in [2.05, 4.69) is 10.6 Å². The largest absolute Gasteiger partial charge is 0.376 e. The van der Waals surface area contributed by atoms with E-state index in [0.29, 0.717) is 19.6 Å². The van der Waals surface area contributed by atoms with Gasteiger partial charge in [-0.25, -0.2) is 4.79 Å². The lowest BCUT2D eigenvalue weighted by atomic mass is 9.85. The van der Waals surface area contributed by atoms with Gasteiger partial charge in [0.1, 0.15) is 12.1 Å². The van der Waals surface area contributed by atoms with Gasteiger partial charge in [-0.3, -0.25) is 14.5 Å². The minimum Gasteiger partial charge on any atom is -0.376 e. The quantitative estimate of drug-likeness (QED) is 0.723. The maximum atomic E-state index is 13.1. The molecule has 0 aromatic heterocycles. The highest BCUT2D eigenvalue weighted by Crippen LogP contribution is 2.33. The molecule has 1 aromatic carbocycles. The molecule has 2 saturated heterocycles. The second kappa shape index (κ2) is 7.86. The number of carbonyl (C=O) groups excluding carboxylic acids is 3. The van der Waals surface area contributed by atoms with E-state index in [0.717, 1.165) is 29.7 Å². The Bertz CT molecular complexity index is 673. The molecule has 2 N–H and O–H groups in total. The number of amides is 4. The van der Waals surface area contributed by atoms with Crippen molar-refractivity contribution in [2.24, 2.45) is 0 Å². The smallest absolute Gasteiger partial charge is 0.325 e. The van der Waals surface area contributed by atoms with E-state index in [1.54, 1.807) is 0 Å². The van der Waals surface area contributed by atoms with Gasteiger partial charge in [0.15, 0.2) is 0 Å². The van der Waals surface area contributed by atoms with Crippen LogP contribution in [0.15, 0.2) is 30.3 Å². The van der Waals surface area contributed by atoms with E-state index in [-0.39, 0.29) is 24.5 Å². The van der Waals surface area contributed by atoms with Crippen LogP contribution in [-0.2, 0) is 19.9 Å². The molecule has 1 aromatic rings. The summed E-state index contributed by atoms with van der Waals surface area (Å²) in [5, 5.41) is 5.57. The fourth-order valence-electron chi connectivity index (χ4n) is 3.61. The van der Waals surface area contributed by atoms with Crippen LogP contribution in [0.1, 0.15) is 38.2 Å². The van der Waals surface area contributed by atoms with Gasteiger partial charge in [-0.2, -0.15) is 0 Å². The van der Waals surface area contributed by atoms with E-state index in [4.69, 9.17) is 4.74 Å². The van der Waals surface area contributed by atoms with Crippen molar-refractivity contribution in [1.29, 1.82) is 0 Å². The van der Waals surface area contributed by atoms with Crippen molar-refractivity contribution in [2.75, 3.05) is 19.7 Å². The van der Waals surface area contributed by atoms with Gasteiger partial charge < -0.3 is 15.4 Å². The van der Waals surface area contributed by atoms with Crippen LogP contribution in [0.5, 0.6) is 0 Å². The second-order valence-electron chi connectivity index (χ2n) is 6.78. The fourth-order valence-corrected chi connectivity index (χ4v) is 3.61. The Morgan fingerprint density at radius 1 is 1.35 bits per heavy atom. The molecule has 26 heavy (non-hydrogen) atoms. The van der Waals surface area contributed by atoms with Crippen LogP contribution in [0.4, 0.5) is 4.79 Å². The van der Waals surface area contributed by atoms with E-state index >= 15 is 0 Å². The van der Waals surface area contributed by atoms with Gasteiger partial charge in [0.05, 0.1) is 6.10 Å². The van der Waals surface area contributed by atoms with Crippen LogP contribution in [-0.4, -0.2) is 48.5 Å². The minimum atomic E-state index is -1.10. The molecule has 0 unspecified atom stereocenters. The van der Waals surface area contributed by atoms with Gasteiger partial charge in [0.2, 0.25) is 5.91 Å². The van der Waals surface area contributed by atoms with Crippen LogP contribution >= 0.6 is 0 Å². The van der Waals surface area contributed by atoms with Crippen LogP contribution < -0.4 is 10.6 Å². The number of carbonyl (C=O) groups is 3. The molecule has 0 saturated carbocycles. The molecular weight excluding hydrogens is 334 g/mol. The first-order chi connectivity index (χ1) is 12.6. The molecule has 4 amide bonds. The molecule has 0 radical (unpaired) electrons. The molecule has 2 aliphatic rings. The van der Waals surface area contributed by atoms with Crippen LogP contribution in [0, 0.1) is 0 Å². The molecule has 2 fully saturated rings. The molecule has 7 heteroatoms. The van der Waals surface area contributed by atoms with Gasteiger partial charge in [-0.1, -0.05) is 43.7 Å². The first-order valence-electron chi connectivity index (χ1n) is 9.15. The van der Waals surface area contributed by atoms with Crippen molar-refractivity contribution in [1.82, 2.24) is 15.5 Å². The van der Waals surface area contributed by atoms with Crippen LogP contribution in [0.25, 0.3) is 0 Å². The van der Waals surface area contributed by atoms with E-state index in [9.17, 15) is 14.4 Å². The highest BCUT2D eigenvalue weighted by Gasteiger charge is 2.52. The lowest BCUT2D eigenvalue weighted by Gasteiger charge is -2.26. The number of imide groups is 1. The summed E-state index contributed by atoms with van der Waals surface area (Å²) in [6, 6.07) is 8.66. The van der Waals surface area contributed by atoms with Gasteiger partial charge in [-0.05, 0) is 24.8 Å². The van der Waals surface area contributed by atoms with Crippen molar-refractivity contribution in [2.45, 2.75) is 44.2 Å². The van der Waals surface area contributed by atoms with Crippen molar-refractivity contribution >= 4 is 17.8 Å². The maximum Gasteiger partial charge on any atom is 0.325 e. The number of ether oxygens (including phenoxy) is 1. The zero-order valence-corrected chi connectivity index (χ0v) is 15.0. The van der Waals surface area contributed by atoms with Crippen LogP contribution in [0.2, 0.25) is 0 Å². The number of benzene rings is 1. The van der Waals surface area contributed by atoms with Crippen molar-refractivity contribution in [3.8, 4) is 0 Å². The predicted octanol–water partition coefficient (Wildman–Crippen LogP) is 1.53. The molecule has 2 atom stereocenters. The fraction of sp³-hybridized carbons (Fsp3) is 0.526. The zero-order chi connectivity index (χ0) is 18.6. The summed E-state index contributed by atoms with van der Waals surface area (Å²) in [7, 11) is 0. The second-order valence-corrected chi connectivity index (χ2v) is 6.78. The number of urea groups is 1. The average Bonchev–Trinajstić information content (AvgIpc) is 3.24. The molecule has 0 bridgehead atoms. The SMILES string of the molecule is CCC[C@@]1(c2ccccc2)NC(=O)N(CC(=O)NC[C@@H]2CCCO2)C1=O. The minimum absolute atomic E-state index is 0.0190. The number of hydrogen-bond donors (Lipinski definition) is 2. The molecule has 140 valence electrons. The van der Waals surface area contributed by atoms with E-state index < -0.39 is 11.6 Å². The molecular formula is C19H25N3O4. The highest BCUT2D eigenvalue weighted by atomic mass is 16.5. The molecule has 2 heterocycles. The maximum absolute atomic E-state index is 13.1. The normalized spacial score (nSPS) is 25.4. The zero-order valence-electron chi connectivity index (χ0n) is 15.0. The lowest BCUT2D eigenvalue weighted by Crippen LogP contribution is -2.45. The third kappa shape index (κ3) is 3.58. The summed E-state index contributed by atoms with van der Waals surface area (Å²) in [4.78, 5) is 38.7. The first kappa shape index (κ1) is 18.4. The Morgan fingerprint density at radius 3 is 2.77 bits per heavy atom. The Morgan fingerprint density at radius 2 is 2.12 bits per heavy atom. The topological polar surface area (TPSA) is 87.7 Å². The Labute approximate surface area is 153 Å². The number of nitrogens with zero attached hydrogens (tertiary/aromatic N) is 1. The Balaban J connectivity index is 1.69. The van der Waals surface area contributed by atoms with Gasteiger partial charge in [0.25, 0.3) is 5.91 Å². The Hall–Kier alpha value is -2.41. The van der Waals surface area contributed by atoms with E-state index in [1.165, 1.54) is 0 Å². The summed E-state index contributed by atoms with van der Waals surface area (Å²) >= 11 is 0. The molecule has 7 nitrogen and oxygen atoms in total. The van der Waals surface area contributed by atoms with E-state index in [1.807, 2.05) is 37.3 Å². The van der Waals surface area contributed by atoms with Crippen LogP contribution in [0.3, 0.4) is 0 Å². The average molecular weight is 359 g/mol. The van der Waals surface area contributed by atoms with Crippen molar-refractivity contribution in [3.63, 3.8) is 0 Å². The number of nitrogens with one attached hydrogen (secondary N) is 2. The summed E-state index contributed by atoms with van der Waals surface area (Å²) in [6.45, 7) is 2.79. The van der Waals surface area contributed by atoms with Gasteiger partial charge in [0, 0.05) is 13.2 Å². The summed E-state index contributed by atoms with van der Waals surface area (Å²) in [5.74, 6) is -0.729. The number of rotatable bonds is 7. The summed E-state index contributed by atoms with van der Waals surface area (Å²) in [5.41, 5.74) is -0.357. The summed E-state index contributed by atoms with van der Waals surface area (Å²) in [6.07, 6.45) is 3.13. The first-order valence-corrected chi connectivity index (χ1v) is 9.15. The third-order valence-corrected chi connectivity index (χ3v) is 4.92. The third-order valence-electron chi connectivity index (χ3n) is 4.92. The summed E-state index contributed by atoms with van der Waals surface area (Å²) < 4.78 is 5.46. The molecule has 0 aliphatic carbocycles. The molecule has 2 aliphatic heterocycles. The molecule has 3 rings (SSSR count). The number of hydrogen-bond acceptors (Lipinski definition) is 4. The van der Waals surface area contributed by atoms with Crippen molar-refractivity contribution in [3.05, 3.63) is 35.9 Å². The lowest BCUT2D eigenvalue weighted by molar-refractivity contribution is -0.135.